The SMILES string of the molecule is CCC(N)(CC)C(=O)C1CC(C)CC(C)C1. The lowest BCUT2D eigenvalue weighted by molar-refractivity contribution is -0.130. The Labute approximate surface area is 100.0 Å². The maximum absolute atomic E-state index is 12.4. The Morgan fingerprint density at radius 1 is 1.12 bits per heavy atom. The van der Waals surface area contributed by atoms with Gasteiger partial charge in [-0.3, -0.25) is 4.79 Å². The van der Waals surface area contributed by atoms with Crippen molar-refractivity contribution in [2.75, 3.05) is 0 Å². The topological polar surface area (TPSA) is 43.1 Å². The van der Waals surface area contributed by atoms with E-state index in [4.69, 9.17) is 5.73 Å². The average Bonchev–Trinajstić information content (AvgIpc) is 2.25. The van der Waals surface area contributed by atoms with Gasteiger partial charge < -0.3 is 5.73 Å². The van der Waals surface area contributed by atoms with Crippen molar-refractivity contribution < 1.29 is 4.79 Å². The number of hydrogen-bond donors (Lipinski definition) is 1. The second-order valence-electron chi connectivity index (χ2n) is 5.84. The summed E-state index contributed by atoms with van der Waals surface area (Å²) >= 11 is 0. The standard InChI is InChI=1S/C14H27NO/c1-5-14(15,6-2)13(16)12-8-10(3)7-11(4)9-12/h10-12H,5-9,15H2,1-4H3. The monoisotopic (exact) mass is 225 g/mol. The van der Waals surface area contributed by atoms with E-state index in [1.54, 1.807) is 0 Å². The van der Waals surface area contributed by atoms with Crippen LogP contribution in [0.15, 0.2) is 0 Å². The van der Waals surface area contributed by atoms with Gasteiger partial charge in [-0.15, -0.1) is 0 Å². The highest BCUT2D eigenvalue weighted by molar-refractivity contribution is 5.90. The second-order valence-corrected chi connectivity index (χ2v) is 5.84. The van der Waals surface area contributed by atoms with Gasteiger partial charge in [0, 0.05) is 5.92 Å². The van der Waals surface area contributed by atoms with Gasteiger partial charge in [0.15, 0.2) is 5.78 Å². The molecule has 2 heteroatoms. The Kier molecular flexibility index (Phi) is 4.54. The molecule has 1 aliphatic rings. The minimum Gasteiger partial charge on any atom is -0.319 e. The number of Topliss-reactive ketones (excluding diaryl/α,β-unsaturated/α-hetero) is 1. The molecule has 0 radical (unpaired) electrons. The first-order chi connectivity index (χ1) is 7.42. The van der Waals surface area contributed by atoms with E-state index in [1.165, 1.54) is 6.42 Å². The molecule has 0 saturated heterocycles. The Morgan fingerprint density at radius 2 is 1.56 bits per heavy atom. The fraction of sp³-hybridized carbons (Fsp3) is 0.929. The number of nitrogens with two attached hydrogens (primary N) is 1. The summed E-state index contributed by atoms with van der Waals surface area (Å²) in [5.74, 6) is 1.88. The zero-order valence-electron chi connectivity index (χ0n) is 11.3. The van der Waals surface area contributed by atoms with Crippen LogP contribution in [0.1, 0.15) is 59.8 Å². The Hall–Kier alpha value is -0.370. The summed E-state index contributed by atoms with van der Waals surface area (Å²) in [6.45, 7) is 8.56. The lowest BCUT2D eigenvalue weighted by Gasteiger charge is -2.36. The summed E-state index contributed by atoms with van der Waals surface area (Å²) in [7, 11) is 0. The van der Waals surface area contributed by atoms with E-state index in [0.717, 1.165) is 25.7 Å². The number of hydrogen-bond acceptors (Lipinski definition) is 2. The van der Waals surface area contributed by atoms with E-state index in [-0.39, 0.29) is 5.92 Å². The first kappa shape index (κ1) is 13.7. The highest BCUT2D eigenvalue weighted by atomic mass is 16.1. The van der Waals surface area contributed by atoms with E-state index in [2.05, 4.69) is 13.8 Å². The van der Waals surface area contributed by atoms with Crippen LogP contribution in [0.5, 0.6) is 0 Å². The van der Waals surface area contributed by atoms with E-state index in [0.29, 0.717) is 17.6 Å². The molecule has 2 N–H and O–H groups in total. The smallest absolute Gasteiger partial charge is 0.155 e. The van der Waals surface area contributed by atoms with Crippen LogP contribution in [-0.2, 0) is 4.79 Å². The van der Waals surface area contributed by atoms with Gasteiger partial charge in [0.2, 0.25) is 0 Å². The van der Waals surface area contributed by atoms with E-state index in [9.17, 15) is 4.79 Å². The van der Waals surface area contributed by atoms with Crippen molar-refractivity contribution in [3.8, 4) is 0 Å². The first-order valence-corrected chi connectivity index (χ1v) is 6.76. The van der Waals surface area contributed by atoms with Gasteiger partial charge in [-0.05, 0) is 43.9 Å². The van der Waals surface area contributed by atoms with Gasteiger partial charge >= 0.3 is 0 Å². The molecule has 16 heavy (non-hydrogen) atoms. The van der Waals surface area contributed by atoms with Crippen LogP contribution in [-0.4, -0.2) is 11.3 Å². The molecule has 2 nitrogen and oxygen atoms in total. The second kappa shape index (κ2) is 5.31. The average molecular weight is 225 g/mol. The summed E-state index contributed by atoms with van der Waals surface area (Å²) in [6.07, 6.45) is 4.88. The molecule has 0 aliphatic heterocycles. The van der Waals surface area contributed by atoms with Crippen LogP contribution in [0, 0.1) is 17.8 Å². The van der Waals surface area contributed by atoms with E-state index in [1.807, 2.05) is 13.8 Å². The third-order valence-corrected chi connectivity index (χ3v) is 4.30. The van der Waals surface area contributed by atoms with Gasteiger partial charge in [0.05, 0.1) is 5.54 Å². The molecule has 1 aliphatic carbocycles. The molecule has 1 rings (SSSR count). The van der Waals surface area contributed by atoms with E-state index < -0.39 is 5.54 Å². The number of carbonyl (C=O) groups is 1. The summed E-state index contributed by atoms with van der Waals surface area (Å²) < 4.78 is 0. The highest BCUT2D eigenvalue weighted by Crippen LogP contribution is 2.35. The van der Waals surface area contributed by atoms with Crippen molar-refractivity contribution in [1.29, 1.82) is 0 Å². The fourth-order valence-corrected chi connectivity index (χ4v) is 3.17. The quantitative estimate of drug-likeness (QED) is 0.798. The molecule has 94 valence electrons. The summed E-state index contributed by atoms with van der Waals surface area (Å²) in [4.78, 5) is 12.4. The molecule has 0 bridgehead atoms. The van der Waals surface area contributed by atoms with Crippen LogP contribution in [0.3, 0.4) is 0 Å². The molecular weight excluding hydrogens is 198 g/mol. The van der Waals surface area contributed by atoms with Gasteiger partial charge in [0.25, 0.3) is 0 Å². The molecule has 0 spiro atoms. The van der Waals surface area contributed by atoms with Gasteiger partial charge in [-0.25, -0.2) is 0 Å². The van der Waals surface area contributed by atoms with Crippen molar-refractivity contribution in [1.82, 2.24) is 0 Å². The largest absolute Gasteiger partial charge is 0.319 e. The van der Waals surface area contributed by atoms with Crippen LogP contribution in [0.25, 0.3) is 0 Å². The molecule has 0 aromatic heterocycles. The third-order valence-electron chi connectivity index (χ3n) is 4.30. The normalized spacial score (nSPS) is 31.4. The van der Waals surface area contributed by atoms with Crippen LogP contribution < -0.4 is 5.73 Å². The van der Waals surface area contributed by atoms with Crippen molar-refractivity contribution in [2.24, 2.45) is 23.5 Å². The molecule has 2 atom stereocenters. The Bertz CT molecular complexity index is 235. The molecule has 1 fully saturated rings. The van der Waals surface area contributed by atoms with Crippen molar-refractivity contribution >= 4 is 5.78 Å². The van der Waals surface area contributed by atoms with Crippen LogP contribution >= 0.6 is 0 Å². The van der Waals surface area contributed by atoms with E-state index >= 15 is 0 Å². The number of rotatable bonds is 4. The van der Waals surface area contributed by atoms with Crippen molar-refractivity contribution in [2.45, 2.75) is 65.3 Å². The summed E-state index contributed by atoms with van der Waals surface area (Å²) in [5, 5.41) is 0. The van der Waals surface area contributed by atoms with Gasteiger partial charge in [-0.2, -0.15) is 0 Å². The Balaban J connectivity index is 2.73. The number of ketones is 1. The summed E-state index contributed by atoms with van der Waals surface area (Å²) in [6, 6.07) is 0. The zero-order valence-corrected chi connectivity index (χ0v) is 11.3. The lowest BCUT2D eigenvalue weighted by Crippen LogP contribution is -2.51. The third kappa shape index (κ3) is 2.85. The minimum absolute atomic E-state index is 0.212. The highest BCUT2D eigenvalue weighted by Gasteiger charge is 2.38. The maximum Gasteiger partial charge on any atom is 0.155 e. The van der Waals surface area contributed by atoms with Crippen LogP contribution in [0.4, 0.5) is 0 Å². The predicted octanol–water partition coefficient (Wildman–Crippen LogP) is 3.15. The molecule has 0 heterocycles. The summed E-state index contributed by atoms with van der Waals surface area (Å²) in [5.41, 5.74) is 5.64. The zero-order chi connectivity index (χ0) is 12.3. The molecule has 2 unspecified atom stereocenters. The Morgan fingerprint density at radius 3 is 1.94 bits per heavy atom. The van der Waals surface area contributed by atoms with Gasteiger partial charge in [-0.1, -0.05) is 27.7 Å². The maximum atomic E-state index is 12.4. The molecule has 1 saturated carbocycles. The number of carbonyl (C=O) groups excluding carboxylic acids is 1. The molecule has 0 aromatic carbocycles. The van der Waals surface area contributed by atoms with Crippen molar-refractivity contribution in [3.63, 3.8) is 0 Å². The molecule has 0 aromatic rings. The first-order valence-electron chi connectivity index (χ1n) is 6.76. The van der Waals surface area contributed by atoms with Crippen molar-refractivity contribution in [3.05, 3.63) is 0 Å². The van der Waals surface area contributed by atoms with Crippen LogP contribution in [0.2, 0.25) is 0 Å². The molecular formula is C14H27NO. The molecule has 0 amide bonds. The fourth-order valence-electron chi connectivity index (χ4n) is 3.17. The van der Waals surface area contributed by atoms with Gasteiger partial charge in [0.1, 0.15) is 0 Å². The lowest BCUT2D eigenvalue weighted by atomic mass is 9.70. The minimum atomic E-state index is -0.568. The predicted molar refractivity (Wildman–Crippen MR) is 68.2 cm³/mol.